The quantitative estimate of drug-likeness (QED) is 0.132. The van der Waals surface area contributed by atoms with Crippen LogP contribution in [-0.2, 0) is 38.1 Å². The minimum Gasteiger partial charge on any atom is -0.463 e. The van der Waals surface area contributed by atoms with Crippen LogP contribution in [0.15, 0.2) is 0 Å². The van der Waals surface area contributed by atoms with Gasteiger partial charge in [-0.2, -0.15) is 0 Å². The van der Waals surface area contributed by atoms with E-state index in [0.29, 0.717) is 43.6 Å². The van der Waals surface area contributed by atoms with Crippen molar-refractivity contribution >= 4 is 23.9 Å². The van der Waals surface area contributed by atoms with E-state index in [1.54, 1.807) is 13.8 Å². The predicted molar refractivity (Wildman–Crippen MR) is 209 cm³/mol. The van der Waals surface area contributed by atoms with E-state index in [4.69, 9.17) is 18.9 Å². The molecule has 55 heavy (non-hydrogen) atoms. The minimum absolute atomic E-state index is 0.0455. The number of carbonyl (C=O) groups is 4. The zero-order valence-corrected chi connectivity index (χ0v) is 35.9. The number of esters is 4. The van der Waals surface area contributed by atoms with Gasteiger partial charge in [0.25, 0.3) is 0 Å². The molecule has 8 aliphatic carbocycles. The average Bonchev–Trinajstić information content (AvgIpc) is 3.96. The molecule has 9 nitrogen and oxygen atoms in total. The Morgan fingerprint density at radius 1 is 0.691 bits per heavy atom. The fourth-order valence-corrected chi connectivity index (χ4v) is 12.5. The smallest absolute Gasteiger partial charge is 0.347 e. The SMILES string of the molecule is CCC(C)(C)C(=O)OC1(CC)CC2CC1C1C3CCC(C3)C21.CCC(C)(C)C(=O)OC12CC3CC(CC(O)(C3)C1)C2.CCC(C)(C)C(=O)OC1CCOC1=O. The van der Waals surface area contributed by atoms with Gasteiger partial charge in [-0.25, -0.2) is 4.79 Å². The van der Waals surface area contributed by atoms with Crippen molar-refractivity contribution < 1.29 is 43.2 Å². The lowest BCUT2D eigenvalue weighted by Gasteiger charge is -2.59. The van der Waals surface area contributed by atoms with Crippen molar-refractivity contribution in [3.63, 3.8) is 0 Å². The summed E-state index contributed by atoms with van der Waals surface area (Å²) in [6.07, 6.45) is 15.7. The maximum absolute atomic E-state index is 12.7. The molecule has 8 saturated carbocycles. The highest BCUT2D eigenvalue weighted by atomic mass is 16.6. The van der Waals surface area contributed by atoms with Gasteiger partial charge in [-0.15, -0.1) is 0 Å². The van der Waals surface area contributed by atoms with Crippen LogP contribution in [0.25, 0.3) is 0 Å². The average molecular weight is 771 g/mol. The Morgan fingerprint density at radius 2 is 1.24 bits per heavy atom. The summed E-state index contributed by atoms with van der Waals surface area (Å²) in [6.45, 7) is 20.2. The Bertz CT molecular complexity index is 1450. The fraction of sp³-hybridized carbons (Fsp3) is 0.913. The second kappa shape index (κ2) is 15.2. The number of hydrogen-bond donors (Lipinski definition) is 1. The first-order valence-corrected chi connectivity index (χ1v) is 22.2. The Balaban J connectivity index is 0.000000144. The van der Waals surface area contributed by atoms with Gasteiger partial charge >= 0.3 is 23.9 Å². The molecule has 10 atom stereocenters. The molecule has 0 aromatic carbocycles. The van der Waals surface area contributed by atoms with Gasteiger partial charge in [-0.05, 0) is 173 Å². The molecule has 0 amide bonds. The van der Waals surface area contributed by atoms with Crippen LogP contribution in [0, 0.1) is 63.6 Å². The van der Waals surface area contributed by atoms with E-state index < -0.39 is 28.5 Å². The van der Waals surface area contributed by atoms with Gasteiger partial charge < -0.3 is 24.1 Å². The third-order valence-electron chi connectivity index (χ3n) is 16.5. The molecule has 9 aliphatic rings. The van der Waals surface area contributed by atoms with Gasteiger partial charge in [0.1, 0.15) is 11.2 Å². The zero-order valence-electron chi connectivity index (χ0n) is 35.9. The van der Waals surface area contributed by atoms with Crippen LogP contribution in [0.4, 0.5) is 0 Å². The summed E-state index contributed by atoms with van der Waals surface area (Å²) in [6, 6.07) is 0. The Kier molecular flexibility index (Phi) is 11.7. The van der Waals surface area contributed by atoms with Crippen LogP contribution in [-0.4, -0.2) is 58.5 Å². The number of fused-ring (bicyclic) bond motifs is 9. The minimum atomic E-state index is -0.687. The molecule has 1 heterocycles. The van der Waals surface area contributed by atoms with Crippen molar-refractivity contribution in [3.05, 3.63) is 0 Å². The zero-order chi connectivity index (χ0) is 40.4. The molecule has 1 N–H and O–H groups in total. The van der Waals surface area contributed by atoms with E-state index >= 15 is 0 Å². The second-order valence-corrected chi connectivity index (χ2v) is 21.4. The van der Waals surface area contributed by atoms with Gasteiger partial charge in [0, 0.05) is 18.8 Å². The monoisotopic (exact) mass is 771 g/mol. The van der Waals surface area contributed by atoms with Gasteiger partial charge in [-0.1, -0.05) is 27.7 Å². The van der Waals surface area contributed by atoms with E-state index in [9.17, 15) is 24.3 Å². The molecule has 8 bridgehead atoms. The third kappa shape index (κ3) is 8.13. The number of carbonyl (C=O) groups excluding carboxylic acids is 4. The summed E-state index contributed by atoms with van der Waals surface area (Å²) in [5, 5.41) is 10.6. The third-order valence-corrected chi connectivity index (χ3v) is 16.5. The molecule has 0 radical (unpaired) electrons. The summed E-state index contributed by atoms with van der Waals surface area (Å²) in [5.74, 6) is 5.68. The molecular formula is C46H74O9. The van der Waals surface area contributed by atoms with Crippen molar-refractivity contribution in [2.75, 3.05) is 6.61 Å². The van der Waals surface area contributed by atoms with Crippen LogP contribution in [0.1, 0.15) is 172 Å². The maximum atomic E-state index is 12.7. The van der Waals surface area contributed by atoms with Crippen molar-refractivity contribution in [2.24, 2.45) is 63.6 Å². The van der Waals surface area contributed by atoms with Crippen molar-refractivity contribution in [1.29, 1.82) is 0 Å². The first-order valence-electron chi connectivity index (χ1n) is 22.2. The predicted octanol–water partition coefficient (Wildman–Crippen LogP) is 9.15. The number of hydrogen-bond acceptors (Lipinski definition) is 9. The summed E-state index contributed by atoms with van der Waals surface area (Å²) in [5.41, 5.74) is -2.31. The van der Waals surface area contributed by atoms with Crippen LogP contribution >= 0.6 is 0 Å². The standard InChI is InChI=1S/C20H32O2.C16H26O3.C10H16O4/c1-5-19(3,4)18(21)22-20(6-2)11-14-10-15(20)17-13-8-7-12(9-13)16(14)17;1-4-14(2,3)13(17)19-16-8-11-5-12(9-16)7-15(18,6-11)10-16;1-4-10(2,3)9(12)14-7-5-6-13-8(7)11/h12-17H,5-11H2,1-4H3;11-12,18H,4-10H2,1-3H3;7H,4-6H2,1-3H3. The van der Waals surface area contributed by atoms with Gasteiger partial charge in [0.05, 0.1) is 28.5 Å². The van der Waals surface area contributed by atoms with E-state index in [1.165, 1.54) is 32.1 Å². The maximum Gasteiger partial charge on any atom is 0.347 e. The molecule has 9 rings (SSSR count). The lowest BCUT2D eigenvalue weighted by Crippen LogP contribution is -2.61. The fourth-order valence-electron chi connectivity index (χ4n) is 12.5. The van der Waals surface area contributed by atoms with Gasteiger partial charge in [0.15, 0.2) is 0 Å². The Labute approximate surface area is 331 Å². The summed E-state index contributed by atoms with van der Waals surface area (Å²) >= 11 is 0. The van der Waals surface area contributed by atoms with E-state index in [-0.39, 0.29) is 34.5 Å². The number of aliphatic hydroxyl groups is 1. The number of cyclic esters (lactones) is 1. The highest BCUT2D eigenvalue weighted by Gasteiger charge is 2.68. The lowest BCUT2D eigenvalue weighted by molar-refractivity contribution is -0.225. The van der Waals surface area contributed by atoms with E-state index in [1.807, 2.05) is 41.5 Å². The van der Waals surface area contributed by atoms with Crippen molar-refractivity contribution in [1.82, 2.24) is 0 Å². The van der Waals surface area contributed by atoms with Crippen LogP contribution in [0.3, 0.4) is 0 Å². The van der Waals surface area contributed by atoms with Crippen molar-refractivity contribution in [2.45, 2.75) is 195 Å². The molecule has 0 spiro atoms. The van der Waals surface area contributed by atoms with Gasteiger partial charge in [0.2, 0.25) is 6.10 Å². The van der Waals surface area contributed by atoms with Crippen molar-refractivity contribution in [3.8, 4) is 0 Å². The normalized spacial score (nSPS) is 40.4. The lowest BCUT2D eigenvalue weighted by atomic mass is 9.52. The molecule has 312 valence electrons. The topological polar surface area (TPSA) is 125 Å². The highest BCUT2D eigenvalue weighted by Crippen LogP contribution is 2.71. The first kappa shape index (κ1) is 42.4. The highest BCUT2D eigenvalue weighted by molar-refractivity contribution is 5.82. The van der Waals surface area contributed by atoms with E-state index in [0.717, 1.165) is 81.0 Å². The Hall–Kier alpha value is -2.16. The Morgan fingerprint density at radius 3 is 1.75 bits per heavy atom. The number of ether oxygens (including phenoxy) is 4. The molecule has 1 saturated heterocycles. The van der Waals surface area contributed by atoms with Crippen LogP contribution < -0.4 is 0 Å². The summed E-state index contributed by atoms with van der Waals surface area (Å²) in [7, 11) is 0. The van der Waals surface area contributed by atoms with Crippen LogP contribution in [0.2, 0.25) is 0 Å². The molecular weight excluding hydrogens is 696 g/mol. The first-order chi connectivity index (χ1) is 25.6. The molecule has 0 aromatic heterocycles. The molecule has 10 unspecified atom stereocenters. The van der Waals surface area contributed by atoms with Crippen LogP contribution in [0.5, 0.6) is 0 Å². The summed E-state index contributed by atoms with van der Waals surface area (Å²) < 4.78 is 22.0. The molecule has 9 heteroatoms. The number of rotatable bonds is 10. The second-order valence-electron chi connectivity index (χ2n) is 21.4. The van der Waals surface area contributed by atoms with E-state index in [2.05, 4.69) is 13.8 Å². The van der Waals surface area contributed by atoms with Gasteiger partial charge in [-0.3, -0.25) is 14.4 Å². The molecule has 9 fully saturated rings. The largest absolute Gasteiger partial charge is 0.463 e. The molecule has 0 aromatic rings. The summed E-state index contributed by atoms with van der Waals surface area (Å²) in [4.78, 5) is 47.7. The molecule has 1 aliphatic heterocycles.